The van der Waals surface area contributed by atoms with Gasteiger partial charge >= 0.3 is 0 Å². The Balaban J connectivity index is 1.13. The molecule has 0 spiro atoms. The number of aromatic nitrogens is 3. The molecule has 9 rings (SSSR count). The molecule has 280 valence electrons. The van der Waals surface area contributed by atoms with E-state index in [1.807, 2.05) is 66.9 Å². The van der Waals surface area contributed by atoms with Crippen molar-refractivity contribution in [2.24, 2.45) is 14.1 Å². The van der Waals surface area contributed by atoms with Gasteiger partial charge in [-0.15, -0.1) is 0 Å². The SMILES string of the molecule is Cc1c(C(=O)N(c2ccc(O)cc2)c2ccc3c(cnn3C)c2)cc(-c2cc3c(cc2C(=O)N2Cc4ccccc4C[C@H]2CN2CCOCC2)OCO3)n1C. The molecule has 0 unspecified atom stereocenters. The van der Waals surface area contributed by atoms with Crippen LogP contribution in [-0.2, 0) is 31.8 Å². The van der Waals surface area contributed by atoms with Gasteiger partial charge in [-0.25, -0.2) is 0 Å². The average molecular weight is 739 g/mol. The molecule has 3 aliphatic heterocycles. The molecule has 1 N–H and O–H groups in total. The second-order valence-corrected chi connectivity index (χ2v) is 14.5. The predicted molar refractivity (Wildman–Crippen MR) is 208 cm³/mol. The van der Waals surface area contributed by atoms with Gasteiger partial charge in [0.15, 0.2) is 11.5 Å². The molecule has 0 bridgehead atoms. The molecule has 1 fully saturated rings. The summed E-state index contributed by atoms with van der Waals surface area (Å²) in [4.78, 5) is 36.0. The number of aromatic hydroxyl groups is 1. The molecule has 0 aliphatic carbocycles. The van der Waals surface area contributed by atoms with E-state index >= 15 is 4.79 Å². The number of hydrogen-bond acceptors (Lipinski definition) is 8. The van der Waals surface area contributed by atoms with Crippen LogP contribution in [0.25, 0.3) is 22.2 Å². The maximum atomic E-state index is 15.1. The smallest absolute Gasteiger partial charge is 0.264 e. The van der Waals surface area contributed by atoms with Crippen LogP contribution in [0.5, 0.6) is 17.2 Å². The number of benzene rings is 4. The zero-order chi connectivity index (χ0) is 37.8. The van der Waals surface area contributed by atoms with Crippen LogP contribution in [0.1, 0.15) is 37.5 Å². The van der Waals surface area contributed by atoms with Crippen LogP contribution in [0.15, 0.2) is 91.1 Å². The van der Waals surface area contributed by atoms with Gasteiger partial charge in [0.05, 0.1) is 41.7 Å². The Morgan fingerprint density at radius 3 is 2.38 bits per heavy atom. The maximum Gasteiger partial charge on any atom is 0.264 e. The van der Waals surface area contributed by atoms with Gasteiger partial charge < -0.3 is 28.8 Å². The second kappa shape index (κ2) is 13.9. The Hall–Kier alpha value is -6.11. The highest BCUT2D eigenvalue weighted by Gasteiger charge is 2.35. The zero-order valence-electron chi connectivity index (χ0n) is 31.1. The van der Waals surface area contributed by atoms with Gasteiger partial charge in [0.2, 0.25) is 6.79 Å². The van der Waals surface area contributed by atoms with E-state index in [4.69, 9.17) is 14.2 Å². The molecule has 0 radical (unpaired) electrons. The number of carbonyl (C=O) groups excluding carboxylic acids is 2. The van der Waals surface area contributed by atoms with Crippen LogP contribution in [-0.4, -0.2) is 86.8 Å². The van der Waals surface area contributed by atoms with Gasteiger partial charge in [0.1, 0.15) is 5.75 Å². The van der Waals surface area contributed by atoms with Gasteiger partial charge in [-0.05, 0) is 85.1 Å². The van der Waals surface area contributed by atoms with Crippen LogP contribution in [0.4, 0.5) is 11.4 Å². The fourth-order valence-corrected chi connectivity index (χ4v) is 8.13. The maximum absolute atomic E-state index is 15.1. The number of phenolic OH excluding ortho intramolecular Hbond substituents is 1. The van der Waals surface area contributed by atoms with Crippen LogP contribution in [0, 0.1) is 6.92 Å². The van der Waals surface area contributed by atoms with Crippen molar-refractivity contribution in [2.75, 3.05) is 44.5 Å². The third kappa shape index (κ3) is 6.26. The van der Waals surface area contributed by atoms with Crippen molar-refractivity contribution in [3.8, 4) is 28.5 Å². The Morgan fingerprint density at radius 2 is 1.60 bits per heavy atom. The third-order valence-corrected chi connectivity index (χ3v) is 11.3. The predicted octanol–water partition coefficient (Wildman–Crippen LogP) is 6.20. The van der Waals surface area contributed by atoms with E-state index in [1.54, 1.807) is 46.1 Å². The second-order valence-electron chi connectivity index (χ2n) is 14.5. The summed E-state index contributed by atoms with van der Waals surface area (Å²) in [5.41, 5.74) is 7.58. The summed E-state index contributed by atoms with van der Waals surface area (Å²) in [5, 5.41) is 15.4. The Labute approximate surface area is 318 Å². The average Bonchev–Trinajstić information content (AvgIpc) is 3.91. The number of anilines is 2. The molecule has 55 heavy (non-hydrogen) atoms. The molecule has 1 atom stereocenters. The number of hydrogen-bond donors (Lipinski definition) is 1. The third-order valence-electron chi connectivity index (χ3n) is 11.3. The fraction of sp³-hybridized carbons (Fsp3) is 0.279. The number of ether oxygens (including phenoxy) is 3. The molecule has 12 heteroatoms. The largest absolute Gasteiger partial charge is 0.508 e. The Morgan fingerprint density at radius 1 is 0.873 bits per heavy atom. The first-order valence-corrected chi connectivity index (χ1v) is 18.6. The van der Waals surface area contributed by atoms with Crippen LogP contribution >= 0.6 is 0 Å². The number of nitrogens with zero attached hydrogens (tertiary/aromatic N) is 6. The molecule has 6 aromatic rings. The van der Waals surface area contributed by atoms with Gasteiger partial charge in [0.25, 0.3) is 11.8 Å². The summed E-state index contributed by atoms with van der Waals surface area (Å²) in [6, 6.07) is 26.2. The lowest BCUT2D eigenvalue weighted by Gasteiger charge is -2.40. The molecule has 2 aromatic heterocycles. The van der Waals surface area contributed by atoms with Gasteiger partial charge in [-0.2, -0.15) is 5.10 Å². The van der Waals surface area contributed by atoms with E-state index in [-0.39, 0.29) is 30.4 Å². The summed E-state index contributed by atoms with van der Waals surface area (Å²) in [7, 11) is 3.79. The quantitative estimate of drug-likeness (QED) is 0.206. The monoisotopic (exact) mass is 738 g/mol. The molecule has 5 heterocycles. The highest BCUT2D eigenvalue weighted by Crippen LogP contribution is 2.42. The number of morpholine rings is 1. The fourth-order valence-electron chi connectivity index (χ4n) is 8.13. The van der Waals surface area contributed by atoms with Crippen molar-refractivity contribution >= 4 is 34.1 Å². The first kappa shape index (κ1) is 34.6. The molecule has 2 amide bonds. The lowest BCUT2D eigenvalue weighted by atomic mass is 9.92. The minimum absolute atomic E-state index is 0.0536. The van der Waals surface area contributed by atoms with E-state index in [2.05, 4.69) is 28.2 Å². The highest BCUT2D eigenvalue weighted by molar-refractivity contribution is 6.13. The molecular formula is C43H42N6O6. The number of phenols is 1. The van der Waals surface area contributed by atoms with E-state index in [1.165, 1.54) is 5.56 Å². The normalized spacial score (nSPS) is 16.7. The summed E-state index contributed by atoms with van der Waals surface area (Å²) in [6.07, 6.45) is 2.52. The summed E-state index contributed by atoms with van der Waals surface area (Å²) >= 11 is 0. The van der Waals surface area contributed by atoms with Crippen LogP contribution in [0.3, 0.4) is 0 Å². The van der Waals surface area contributed by atoms with Crippen molar-refractivity contribution in [2.45, 2.75) is 25.9 Å². The van der Waals surface area contributed by atoms with Crippen molar-refractivity contribution < 1.29 is 28.9 Å². The van der Waals surface area contributed by atoms with Crippen molar-refractivity contribution in [3.05, 3.63) is 119 Å². The molecular weight excluding hydrogens is 697 g/mol. The van der Waals surface area contributed by atoms with Crippen LogP contribution < -0.4 is 14.4 Å². The van der Waals surface area contributed by atoms with Crippen molar-refractivity contribution in [1.82, 2.24) is 24.1 Å². The highest BCUT2D eigenvalue weighted by atomic mass is 16.7. The molecule has 3 aliphatic rings. The summed E-state index contributed by atoms with van der Waals surface area (Å²) in [6.45, 7) is 6.20. The lowest BCUT2D eigenvalue weighted by molar-refractivity contribution is 0.0193. The minimum atomic E-state index is -0.264. The van der Waals surface area contributed by atoms with E-state index in [0.29, 0.717) is 65.0 Å². The van der Waals surface area contributed by atoms with Crippen LogP contribution in [0.2, 0.25) is 0 Å². The Kier molecular flexibility index (Phi) is 8.78. The van der Waals surface area contributed by atoms with E-state index in [9.17, 15) is 9.90 Å². The van der Waals surface area contributed by atoms with Gasteiger partial charge in [-0.1, -0.05) is 24.3 Å². The minimum Gasteiger partial charge on any atom is -0.508 e. The van der Waals surface area contributed by atoms with E-state index < -0.39 is 0 Å². The first-order valence-electron chi connectivity index (χ1n) is 18.6. The number of carbonyl (C=O) groups is 2. The van der Waals surface area contributed by atoms with Crippen molar-refractivity contribution in [1.29, 1.82) is 0 Å². The molecule has 1 saturated heterocycles. The van der Waals surface area contributed by atoms with Gasteiger partial charge in [-0.3, -0.25) is 24.1 Å². The number of amides is 2. The first-order chi connectivity index (χ1) is 26.7. The number of rotatable bonds is 7. The standard InChI is InChI=1S/C43H42N6O6/c1-27-35(43(52)49(31-8-11-34(50)12-9-31)32-10-13-38-30(19-32)23-44-46(38)3)20-39(45(27)2)36-21-40-41(55-26-54-40)22-37(36)42(51)48-24-29-7-5-4-6-28(29)18-33(48)25-47-14-16-53-17-15-47/h4-13,19-23,33,50H,14-18,24-26H2,1-3H3/t33-/m0/s1. The lowest BCUT2D eigenvalue weighted by Crippen LogP contribution is -2.52. The number of aryl methyl sites for hydroxylation is 1. The molecule has 12 nitrogen and oxygen atoms in total. The van der Waals surface area contributed by atoms with E-state index in [0.717, 1.165) is 48.2 Å². The molecule has 0 saturated carbocycles. The Bertz CT molecular complexity index is 2450. The number of fused-ring (bicyclic) bond motifs is 3. The zero-order valence-corrected chi connectivity index (χ0v) is 31.1. The topological polar surface area (TPSA) is 115 Å². The molecule has 4 aromatic carbocycles. The summed E-state index contributed by atoms with van der Waals surface area (Å²) < 4.78 is 21.1. The van der Waals surface area contributed by atoms with Gasteiger partial charge in [0, 0.05) is 74.3 Å². The van der Waals surface area contributed by atoms with Crippen molar-refractivity contribution in [3.63, 3.8) is 0 Å². The summed E-state index contributed by atoms with van der Waals surface area (Å²) in [5.74, 6) is 0.785.